The molecule has 0 bridgehead atoms. The van der Waals surface area contributed by atoms with Crippen molar-refractivity contribution < 1.29 is 32.2 Å². The standard InChI is InChI=1S/C18H22F3NO4/c1-5-8-24-14-7-6-12(9-13(14)18(19,20)21)22-15(23)17(4)10-25-16(2,3)26-11-17/h5-7,9H,1,8,10-11H2,2-4H3,(H,22,23). The third-order valence-electron chi connectivity index (χ3n) is 3.92. The Bertz CT molecular complexity index is 676. The Balaban J connectivity index is 2.18. The summed E-state index contributed by atoms with van der Waals surface area (Å²) in [5, 5.41) is 2.50. The summed E-state index contributed by atoms with van der Waals surface area (Å²) in [6.45, 7) is 8.62. The van der Waals surface area contributed by atoms with E-state index in [1.807, 2.05) is 0 Å². The van der Waals surface area contributed by atoms with Crippen LogP contribution in [0.2, 0.25) is 0 Å². The van der Waals surface area contributed by atoms with Crippen molar-refractivity contribution in [2.75, 3.05) is 25.1 Å². The van der Waals surface area contributed by atoms with Crippen molar-refractivity contribution >= 4 is 11.6 Å². The van der Waals surface area contributed by atoms with Crippen LogP contribution in [0.5, 0.6) is 5.75 Å². The summed E-state index contributed by atoms with van der Waals surface area (Å²) in [6, 6.07) is 3.36. The molecule has 144 valence electrons. The highest BCUT2D eigenvalue weighted by Gasteiger charge is 2.42. The molecule has 2 rings (SSSR count). The highest BCUT2D eigenvalue weighted by Crippen LogP contribution is 2.38. The number of alkyl halides is 3. The van der Waals surface area contributed by atoms with E-state index in [9.17, 15) is 18.0 Å². The van der Waals surface area contributed by atoms with E-state index in [2.05, 4.69) is 11.9 Å². The average molecular weight is 373 g/mol. The van der Waals surface area contributed by atoms with Crippen LogP contribution in [0.4, 0.5) is 18.9 Å². The molecule has 1 aromatic carbocycles. The molecule has 26 heavy (non-hydrogen) atoms. The Hall–Kier alpha value is -2.06. The molecule has 1 heterocycles. The number of hydrogen-bond donors (Lipinski definition) is 1. The van der Waals surface area contributed by atoms with Gasteiger partial charge in [0.05, 0.1) is 24.2 Å². The van der Waals surface area contributed by atoms with Gasteiger partial charge in [0.1, 0.15) is 12.4 Å². The molecular formula is C18H22F3NO4. The van der Waals surface area contributed by atoms with Crippen molar-refractivity contribution in [3.63, 3.8) is 0 Å². The van der Waals surface area contributed by atoms with Crippen LogP contribution in [-0.2, 0) is 20.4 Å². The number of carbonyl (C=O) groups is 1. The lowest BCUT2D eigenvalue weighted by Gasteiger charge is -2.40. The molecule has 1 aliphatic heterocycles. The Morgan fingerprint density at radius 1 is 1.31 bits per heavy atom. The number of hydrogen-bond acceptors (Lipinski definition) is 4. The summed E-state index contributed by atoms with van der Waals surface area (Å²) in [5.74, 6) is -1.61. The van der Waals surface area contributed by atoms with Gasteiger partial charge in [-0.25, -0.2) is 0 Å². The van der Waals surface area contributed by atoms with Crippen LogP contribution >= 0.6 is 0 Å². The molecule has 0 atom stereocenters. The predicted octanol–water partition coefficient (Wildman–Crippen LogP) is 4.00. The largest absolute Gasteiger partial charge is 0.489 e. The van der Waals surface area contributed by atoms with Crippen LogP contribution in [0.15, 0.2) is 30.9 Å². The van der Waals surface area contributed by atoms with E-state index < -0.39 is 28.8 Å². The zero-order valence-corrected chi connectivity index (χ0v) is 14.9. The summed E-state index contributed by atoms with van der Waals surface area (Å²) >= 11 is 0. The number of benzene rings is 1. The van der Waals surface area contributed by atoms with Gasteiger partial charge < -0.3 is 19.5 Å². The van der Waals surface area contributed by atoms with Crippen LogP contribution < -0.4 is 10.1 Å². The Labute approximate surface area is 150 Å². The lowest BCUT2D eigenvalue weighted by Crippen LogP contribution is -2.50. The van der Waals surface area contributed by atoms with Gasteiger partial charge in [-0.3, -0.25) is 4.79 Å². The van der Waals surface area contributed by atoms with E-state index >= 15 is 0 Å². The van der Waals surface area contributed by atoms with Gasteiger partial charge in [0.15, 0.2) is 5.79 Å². The van der Waals surface area contributed by atoms with Crippen molar-refractivity contribution in [2.24, 2.45) is 5.41 Å². The van der Waals surface area contributed by atoms with Crippen LogP contribution in [-0.4, -0.2) is 31.5 Å². The zero-order valence-electron chi connectivity index (χ0n) is 14.9. The van der Waals surface area contributed by atoms with E-state index in [1.54, 1.807) is 20.8 Å². The SMILES string of the molecule is C=CCOc1ccc(NC(=O)C2(C)COC(C)(C)OC2)cc1C(F)(F)F. The number of halogens is 3. The second kappa shape index (κ2) is 7.28. The first-order valence-electron chi connectivity index (χ1n) is 8.01. The molecule has 5 nitrogen and oxygen atoms in total. The monoisotopic (exact) mass is 373 g/mol. The van der Waals surface area contributed by atoms with Crippen LogP contribution in [0.1, 0.15) is 26.3 Å². The number of ether oxygens (including phenoxy) is 3. The summed E-state index contributed by atoms with van der Waals surface area (Å²) in [5.41, 5.74) is -1.97. The van der Waals surface area contributed by atoms with E-state index in [1.165, 1.54) is 18.2 Å². The second-order valence-electron chi connectivity index (χ2n) is 6.80. The zero-order chi connectivity index (χ0) is 19.6. The van der Waals surface area contributed by atoms with E-state index in [-0.39, 0.29) is 31.3 Å². The van der Waals surface area contributed by atoms with Gasteiger partial charge in [0.2, 0.25) is 5.91 Å². The third kappa shape index (κ3) is 4.76. The maximum absolute atomic E-state index is 13.2. The van der Waals surface area contributed by atoms with E-state index in [4.69, 9.17) is 14.2 Å². The fraction of sp³-hybridized carbons (Fsp3) is 0.500. The fourth-order valence-corrected chi connectivity index (χ4v) is 2.27. The van der Waals surface area contributed by atoms with Gasteiger partial charge in [-0.05, 0) is 39.0 Å². The number of nitrogens with one attached hydrogen (secondary N) is 1. The molecular weight excluding hydrogens is 351 g/mol. The quantitative estimate of drug-likeness (QED) is 0.793. The summed E-state index contributed by atoms with van der Waals surface area (Å²) in [4.78, 5) is 12.5. The maximum atomic E-state index is 13.2. The van der Waals surface area contributed by atoms with Gasteiger partial charge in [-0.15, -0.1) is 0 Å². The molecule has 0 aliphatic carbocycles. The predicted molar refractivity (Wildman–Crippen MR) is 89.9 cm³/mol. The topological polar surface area (TPSA) is 56.8 Å². The van der Waals surface area contributed by atoms with Crippen LogP contribution in [0.25, 0.3) is 0 Å². The minimum atomic E-state index is -4.62. The fourth-order valence-electron chi connectivity index (χ4n) is 2.27. The molecule has 1 saturated heterocycles. The molecule has 0 saturated carbocycles. The van der Waals surface area contributed by atoms with Crippen LogP contribution in [0.3, 0.4) is 0 Å². The third-order valence-corrected chi connectivity index (χ3v) is 3.92. The number of amides is 1. The van der Waals surface area contributed by atoms with Gasteiger partial charge in [-0.1, -0.05) is 12.7 Å². The normalized spacial score (nSPS) is 18.8. The first-order chi connectivity index (χ1) is 12.0. The lowest BCUT2D eigenvalue weighted by molar-refractivity contribution is -0.276. The van der Waals surface area contributed by atoms with Crippen molar-refractivity contribution in [3.8, 4) is 5.75 Å². The van der Waals surface area contributed by atoms with E-state index in [0.29, 0.717) is 0 Å². The van der Waals surface area contributed by atoms with Crippen molar-refractivity contribution in [1.29, 1.82) is 0 Å². The molecule has 1 amide bonds. The first-order valence-corrected chi connectivity index (χ1v) is 8.01. The highest BCUT2D eigenvalue weighted by atomic mass is 19.4. The molecule has 0 aromatic heterocycles. The van der Waals surface area contributed by atoms with Crippen LogP contribution in [0, 0.1) is 5.41 Å². The van der Waals surface area contributed by atoms with E-state index in [0.717, 1.165) is 6.07 Å². The molecule has 1 N–H and O–H groups in total. The van der Waals surface area contributed by atoms with Crippen molar-refractivity contribution in [1.82, 2.24) is 0 Å². The average Bonchev–Trinajstić information content (AvgIpc) is 2.55. The Kier molecular flexibility index (Phi) is 5.67. The molecule has 0 unspecified atom stereocenters. The first kappa shape index (κ1) is 20.3. The highest BCUT2D eigenvalue weighted by molar-refractivity contribution is 5.95. The second-order valence-corrected chi connectivity index (χ2v) is 6.80. The molecule has 8 heteroatoms. The summed E-state index contributed by atoms with van der Waals surface area (Å²) < 4.78 is 55.8. The lowest BCUT2D eigenvalue weighted by atomic mass is 9.90. The molecule has 1 fully saturated rings. The Morgan fingerprint density at radius 2 is 1.92 bits per heavy atom. The number of anilines is 1. The summed E-state index contributed by atoms with van der Waals surface area (Å²) in [6.07, 6.45) is -3.27. The van der Waals surface area contributed by atoms with Gasteiger partial charge in [0, 0.05) is 5.69 Å². The smallest absolute Gasteiger partial charge is 0.420 e. The van der Waals surface area contributed by atoms with Gasteiger partial charge in [-0.2, -0.15) is 13.2 Å². The minimum Gasteiger partial charge on any atom is -0.489 e. The molecule has 0 spiro atoms. The van der Waals surface area contributed by atoms with Crippen molar-refractivity contribution in [3.05, 3.63) is 36.4 Å². The van der Waals surface area contributed by atoms with Gasteiger partial charge >= 0.3 is 6.18 Å². The number of carbonyl (C=O) groups excluding carboxylic acids is 1. The minimum absolute atomic E-state index is 0.0133. The molecule has 1 aromatic rings. The maximum Gasteiger partial charge on any atom is 0.420 e. The summed E-state index contributed by atoms with van der Waals surface area (Å²) in [7, 11) is 0. The molecule has 0 radical (unpaired) electrons. The van der Waals surface area contributed by atoms with Gasteiger partial charge in [0.25, 0.3) is 0 Å². The molecule has 1 aliphatic rings. The number of rotatable bonds is 5. The van der Waals surface area contributed by atoms with Crippen molar-refractivity contribution in [2.45, 2.75) is 32.7 Å². The Morgan fingerprint density at radius 3 is 2.46 bits per heavy atom.